The molecular weight excluding hydrogens is 308 g/mol. The fourth-order valence-corrected chi connectivity index (χ4v) is 2.52. The van der Waals surface area contributed by atoms with Crippen LogP contribution in [0.5, 0.6) is 5.75 Å². The summed E-state index contributed by atoms with van der Waals surface area (Å²) in [6.45, 7) is 4.16. The average Bonchev–Trinajstić information content (AvgIpc) is 2.86. The summed E-state index contributed by atoms with van der Waals surface area (Å²) in [5.74, 6) is -0.0284. The minimum Gasteiger partial charge on any atom is -0.506 e. The van der Waals surface area contributed by atoms with Crippen LogP contribution in [0.25, 0.3) is 11.0 Å². The van der Waals surface area contributed by atoms with Gasteiger partial charge in [0.05, 0.1) is 29.7 Å². The predicted octanol–water partition coefficient (Wildman–Crippen LogP) is 2.25. The maximum absolute atomic E-state index is 11.9. The number of aromatic hydroxyl groups is 1. The van der Waals surface area contributed by atoms with Crippen LogP contribution in [0.15, 0.2) is 30.3 Å². The third-order valence-electron chi connectivity index (χ3n) is 3.69. The van der Waals surface area contributed by atoms with Crippen LogP contribution in [0.3, 0.4) is 0 Å². The number of nitrogen functional groups attached to an aromatic ring is 1. The summed E-state index contributed by atoms with van der Waals surface area (Å²) in [5, 5.41) is 10.00. The number of rotatable bonds is 4. The molecule has 0 atom stereocenters. The number of hydrogen-bond acceptors (Lipinski definition) is 6. The van der Waals surface area contributed by atoms with Crippen LogP contribution < -0.4 is 5.73 Å². The van der Waals surface area contributed by atoms with E-state index in [1.807, 2.05) is 6.92 Å². The highest BCUT2D eigenvalue weighted by atomic mass is 16.5. The Morgan fingerprint density at radius 3 is 2.83 bits per heavy atom. The Labute approximate surface area is 138 Å². The van der Waals surface area contributed by atoms with Gasteiger partial charge in [-0.1, -0.05) is 0 Å². The van der Waals surface area contributed by atoms with Gasteiger partial charge in [-0.05, 0) is 44.2 Å². The first-order valence-corrected chi connectivity index (χ1v) is 7.58. The standard InChI is InChI=1S/C17H18N4O3/c1-3-24-16(23)11-5-6-12-14(8-11)21(17(18)20-12)9-13-15(22)7-4-10(2)19-13/h4-8,22H,3,9H2,1-2H3,(H2,18,20). The number of aryl methyl sites for hydroxylation is 1. The minimum absolute atomic E-state index is 0.0865. The third kappa shape index (κ3) is 2.88. The normalized spacial score (nSPS) is 10.9. The maximum Gasteiger partial charge on any atom is 0.338 e. The van der Waals surface area contributed by atoms with E-state index in [4.69, 9.17) is 10.5 Å². The molecule has 0 saturated heterocycles. The highest BCUT2D eigenvalue weighted by molar-refractivity contribution is 5.94. The summed E-state index contributed by atoms with van der Waals surface area (Å²) < 4.78 is 6.73. The SMILES string of the molecule is CCOC(=O)c1ccc2nc(N)n(Cc3nc(C)ccc3O)c2c1. The lowest BCUT2D eigenvalue weighted by Gasteiger charge is -2.09. The van der Waals surface area contributed by atoms with Crippen molar-refractivity contribution in [3.63, 3.8) is 0 Å². The molecule has 0 unspecified atom stereocenters. The summed E-state index contributed by atoms with van der Waals surface area (Å²) >= 11 is 0. The van der Waals surface area contributed by atoms with Gasteiger partial charge in [0.2, 0.25) is 5.95 Å². The first-order chi connectivity index (χ1) is 11.5. The molecule has 0 bridgehead atoms. The van der Waals surface area contributed by atoms with Crippen molar-refractivity contribution in [2.75, 3.05) is 12.3 Å². The smallest absolute Gasteiger partial charge is 0.338 e. The number of aromatic nitrogens is 3. The number of imidazole rings is 1. The molecule has 0 amide bonds. The molecule has 0 fully saturated rings. The average molecular weight is 326 g/mol. The van der Waals surface area contributed by atoms with Crippen molar-refractivity contribution < 1.29 is 14.6 Å². The second kappa shape index (κ2) is 6.19. The Hall–Kier alpha value is -3.09. The first-order valence-electron chi connectivity index (χ1n) is 7.58. The molecule has 0 spiro atoms. The van der Waals surface area contributed by atoms with E-state index in [0.717, 1.165) is 5.69 Å². The van der Waals surface area contributed by atoms with Crippen LogP contribution in [0.1, 0.15) is 28.7 Å². The van der Waals surface area contributed by atoms with E-state index < -0.39 is 5.97 Å². The molecule has 2 heterocycles. The van der Waals surface area contributed by atoms with E-state index >= 15 is 0 Å². The third-order valence-corrected chi connectivity index (χ3v) is 3.69. The number of nitrogens with two attached hydrogens (primary N) is 1. The number of pyridine rings is 1. The van der Waals surface area contributed by atoms with Gasteiger partial charge in [-0.15, -0.1) is 0 Å². The summed E-state index contributed by atoms with van der Waals surface area (Å²) in [4.78, 5) is 20.6. The number of anilines is 1. The zero-order chi connectivity index (χ0) is 17.3. The second-order valence-corrected chi connectivity index (χ2v) is 5.40. The van der Waals surface area contributed by atoms with Gasteiger partial charge in [0.15, 0.2) is 0 Å². The van der Waals surface area contributed by atoms with Gasteiger partial charge in [0, 0.05) is 5.69 Å². The molecule has 3 rings (SSSR count). The number of carbonyl (C=O) groups excluding carboxylic acids is 1. The van der Waals surface area contributed by atoms with Gasteiger partial charge < -0.3 is 20.1 Å². The molecule has 3 N–H and O–H groups in total. The number of ether oxygens (including phenoxy) is 1. The number of nitrogens with zero attached hydrogens (tertiary/aromatic N) is 3. The first kappa shape index (κ1) is 15.8. The number of fused-ring (bicyclic) bond motifs is 1. The number of benzene rings is 1. The number of carbonyl (C=O) groups is 1. The Bertz CT molecular complexity index is 918. The van der Waals surface area contributed by atoms with E-state index in [9.17, 15) is 9.90 Å². The quantitative estimate of drug-likeness (QED) is 0.713. The monoisotopic (exact) mass is 326 g/mol. The molecule has 24 heavy (non-hydrogen) atoms. The Kier molecular flexibility index (Phi) is 4.07. The highest BCUT2D eigenvalue weighted by Crippen LogP contribution is 2.23. The number of hydrogen-bond donors (Lipinski definition) is 2. The van der Waals surface area contributed by atoms with Crippen LogP contribution in [-0.4, -0.2) is 32.2 Å². The molecule has 0 aliphatic rings. The number of esters is 1. The largest absolute Gasteiger partial charge is 0.506 e. The van der Waals surface area contributed by atoms with Gasteiger partial charge in [0.1, 0.15) is 11.4 Å². The van der Waals surface area contributed by atoms with Crippen LogP contribution in [0.4, 0.5) is 5.95 Å². The van der Waals surface area contributed by atoms with Crippen molar-refractivity contribution in [1.82, 2.24) is 14.5 Å². The molecule has 0 saturated carbocycles. The van der Waals surface area contributed by atoms with Crippen LogP contribution in [0, 0.1) is 6.92 Å². The van der Waals surface area contributed by atoms with Gasteiger partial charge >= 0.3 is 5.97 Å². The molecule has 7 heteroatoms. The summed E-state index contributed by atoms with van der Waals surface area (Å²) in [6.07, 6.45) is 0. The molecule has 124 valence electrons. The lowest BCUT2D eigenvalue weighted by molar-refractivity contribution is 0.0526. The van der Waals surface area contributed by atoms with Crippen molar-refractivity contribution in [1.29, 1.82) is 0 Å². The van der Waals surface area contributed by atoms with Crippen LogP contribution in [0.2, 0.25) is 0 Å². The molecule has 2 aromatic heterocycles. The van der Waals surface area contributed by atoms with Crippen molar-refractivity contribution >= 4 is 23.0 Å². The van der Waals surface area contributed by atoms with E-state index in [2.05, 4.69) is 9.97 Å². The second-order valence-electron chi connectivity index (χ2n) is 5.40. The van der Waals surface area contributed by atoms with Crippen LogP contribution in [-0.2, 0) is 11.3 Å². The molecule has 7 nitrogen and oxygen atoms in total. The fraction of sp³-hybridized carbons (Fsp3) is 0.235. The summed E-state index contributed by atoms with van der Waals surface area (Å²) in [6, 6.07) is 8.38. The molecule has 3 aromatic rings. The zero-order valence-corrected chi connectivity index (χ0v) is 13.5. The van der Waals surface area contributed by atoms with Crippen molar-refractivity contribution in [3.05, 3.63) is 47.3 Å². The van der Waals surface area contributed by atoms with E-state index in [1.165, 1.54) is 0 Å². The lowest BCUT2D eigenvalue weighted by atomic mass is 10.2. The summed E-state index contributed by atoms with van der Waals surface area (Å²) in [7, 11) is 0. The molecular formula is C17H18N4O3. The zero-order valence-electron chi connectivity index (χ0n) is 13.5. The Balaban J connectivity index is 2.06. The summed E-state index contributed by atoms with van der Waals surface area (Å²) in [5.41, 5.74) is 9.04. The Morgan fingerprint density at radius 1 is 1.29 bits per heavy atom. The van der Waals surface area contributed by atoms with E-state index in [-0.39, 0.29) is 18.2 Å². The van der Waals surface area contributed by atoms with Crippen LogP contribution >= 0.6 is 0 Å². The van der Waals surface area contributed by atoms with Crippen molar-refractivity contribution in [2.24, 2.45) is 0 Å². The highest BCUT2D eigenvalue weighted by Gasteiger charge is 2.15. The van der Waals surface area contributed by atoms with Gasteiger partial charge in [-0.3, -0.25) is 4.98 Å². The lowest BCUT2D eigenvalue weighted by Crippen LogP contribution is -2.08. The maximum atomic E-state index is 11.9. The molecule has 1 aromatic carbocycles. The van der Waals surface area contributed by atoms with E-state index in [0.29, 0.717) is 28.9 Å². The minimum atomic E-state index is -0.401. The fourth-order valence-electron chi connectivity index (χ4n) is 2.52. The van der Waals surface area contributed by atoms with E-state index in [1.54, 1.807) is 41.8 Å². The Morgan fingerprint density at radius 2 is 2.08 bits per heavy atom. The topological polar surface area (TPSA) is 103 Å². The van der Waals surface area contributed by atoms with Gasteiger partial charge in [0.25, 0.3) is 0 Å². The van der Waals surface area contributed by atoms with Crippen molar-refractivity contribution in [2.45, 2.75) is 20.4 Å². The molecule has 0 aliphatic heterocycles. The van der Waals surface area contributed by atoms with Gasteiger partial charge in [-0.25, -0.2) is 9.78 Å². The predicted molar refractivity (Wildman–Crippen MR) is 89.8 cm³/mol. The van der Waals surface area contributed by atoms with Crippen molar-refractivity contribution in [3.8, 4) is 5.75 Å². The van der Waals surface area contributed by atoms with Gasteiger partial charge in [-0.2, -0.15) is 0 Å². The molecule has 0 radical (unpaired) electrons. The molecule has 0 aliphatic carbocycles.